The summed E-state index contributed by atoms with van der Waals surface area (Å²) in [7, 11) is 0. The van der Waals surface area contributed by atoms with Crippen LogP contribution in [0.15, 0.2) is 150 Å². The molecule has 1 aromatic heterocycles. The van der Waals surface area contributed by atoms with Gasteiger partial charge >= 0.3 is 0 Å². The molecule has 0 saturated carbocycles. The van der Waals surface area contributed by atoms with Crippen LogP contribution >= 0.6 is 0 Å². The van der Waals surface area contributed by atoms with Gasteiger partial charge < -0.3 is 9.15 Å². The van der Waals surface area contributed by atoms with Crippen molar-refractivity contribution in [2.24, 2.45) is 0 Å². The molecule has 4 heteroatoms. The molecule has 43 heavy (non-hydrogen) atoms. The van der Waals surface area contributed by atoms with E-state index in [4.69, 9.17) is 9.15 Å². The second kappa shape index (κ2) is 9.13. The Hall–Kier alpha value is -5.74. The van der Waals surface area contributed by atoms with Crippen LogP contribution < -0.4 is 4.74 Å². The predicted octanol–water partition coefficient (Wildman–Crippen LogP) is 9.54. The van der Waals surface area contributed by atoms with Crippen molar-refractivity contribution in [1.29, 1.82) is 0 Å². The minimum Gasteiger partial charge on any atom is -0.457 e. The molecule has 202 valence electrons. The Morgan fingerprint density at radius 3 is 1.72 bits per heavy atom. The quantitative estimate of drug-likeness (QED) is 0.219. The molecule has 0 N–H and O–H groups in total. The first kappa shape index (κ1) is 23.9. The summed E-state index contributed by atoms with van der Waals surface area (Å²) in [6, 6.07) is 50.7. The summed E-state index contributed by atoms with van der Waals surface area (Å²) in [6.45, 7) is 0. The number of nitrogens with zero attached hydrogens (tertiary/aromatic N) is 2. The average Bonchev–Trinajstić information content (AvgIpc) is 3.69. The number of ether oxygens (including phenoxy) is 1. The lowest BCUT2D eigenvalue weighted by Crippen LogP contribution is -2.32. The van der Waals surface area contributed by atoms with E-state index in [-0.39, 0.29) is 0 Å². The highest BCUT2D eigenvalue weighted by molar-refractivity contribution is 5.89. The summed E-state index contributed by atoms with van der Waals surface area (Å²) in [5.41, 5.74) is 10.8. The van der Waals surface area contributed by atoms with E-state index in [9.17, 15) is 0 Å². The van der Waals surface area contributed by atoms with Crippen LogP contribution in [0.25, 0.3) is 45.2 Å². The molecule has 0 saturated heterocycles. The SMILES string of the molecule is c1ccc(-c2nnc(-c3cccc(-c4ccc5c(c4)C4(c6ccccc6O5)c5ccccc5-c5ccccc54)c3)o2)cc1. The summed E-state index contributed by atoms with van der Waals surface area (Å²) < 4.78 is 12.7. The maximum Gasteiger partial charge on any atom is 0.248 e. The van der Waals surface area contributed by atoms with E-state index in [0.717, 1.165) is 44.9 Å². The third kappa shape index (κ3) is 3.44. The van der Waals surface area contributed by atoms with Crippen molar-refractivity contribution in [2.45, 2.75) is 5.41 Å². The second-order valence-corrected chi connectivity index (χ2v) is 11.0. The third-order valence-electron chi connectivity index (χ3n) is 8.74. The summed E-state index contributed by atoms with van der Waals surface area (Å²) in [5, 5.41) is 8.67. The highest BCUT2D eigenvalue weighted by Gasteiger charge is 2.50. The molecule has 2 heterocycles. The second-order valence-electron chi connectivity index (χ2n) is 11.0. The lowest BCUT2D eigenvalue weighted by molar-refractivity contribution is 0.436. The van der Waals surface area contributed by atoms with Crippen molar-refractivity contribution in [3.63, 3.8) is 0 Å². The van der Waals surface area contributed by atoms with Gasteiger partial charge in [0.1, 0.15) is 11.5 Å². The highest BCUT2D eigenvalue weighted by atomic mass is 16.5. The fraction of sp³-hybridized carbons (Fsp3) is 0.0256. The minimum absolute atomic E-state index is 0.492. The van der Waals surface area contributed by atoms with Gasteiger partial charge in [0.15, 0.2) is 0 Å². The van der Waals surface area contributed by atoms with Crippen LogP contribution in [0.5, 0.6) is 11.5 Å². The van der Waals surface area contributed by atoms with E-state index in [1.54, 1.807) is 0 Å². The summed E-state index contributed by atoms with van der Waals surface area (Å²) >= 11 is 0. The van der Waals surface area contributed by atoms with Crippen molar-refractivity contribution < 1.29 is 9.15 Å². The predicted molar refractivity (Wildman–Crippen MR) is 168 cm³/mol. The van der Waals surface area contributed by atoms with Crippen molar-refractivity contribution in [3.8, 4) is 56.7 Å². The van der Waals surface area contributed by atoms with Crippen LogP contribution in [0, 0.1) is 0 Å². The smallest absolute Gasteiger partial charge is 0.248 e. The molecule has 0 amide bonds. The van der Waals surface area contributed by atoms with Gasteiger partial charge in [0.2, 0.25) is 11.8 Å². The van der Waals surface area contributed by atoms with E-state index in [1.807, 2.05) is 48.5 Å². The lowest BCUT2D eigenvalue weighted by Gasteiger charge is -2.39. The Balaban J connectivity index is 1.23. The van der Waals surface area contributed by atoms with Crippen LogP contribution in [0.3, 0.4) is 0 Å². The molecule has 4 nitrogen and oxygen atoms in total. The van der Waals surface area contributed by atoms with Gasteiger partial charge in [0.05, 0.1) is 5.41 Å². The Labute approximate surface area is 248 Å². The van der Waals surface area contributed by atoms with Gasteiger partial charge in [-0.2, -0.15) is 0 Å². The van der Waals surface area contributed by atoms with Gasteiger partial charge in [0.25, 0.3) is 0 Å². The molecule has 0 bridgehead atoms. The number of aromatic nitrogens is 2. The van der Waals surface area contributed by atoms with Crippen LogP contribution in [-0.4, -0.2) is 10.2 Å². The molecule has 0 radical (unpaired) electrons. The lowest BCUT2D eigenvalue weighted by atomic mass is 9.66. The van der Waals surface area contributed by atoms with Crippen molar-refractivity contribution in [1.82, 2.24) is 10.2 Å². The zero-order valence-corrected chi connectivity index (χ0v) is 23.1. The molecule has 2 aliphatic rings. The largest absolute Gasteiger partial charge is 0.457 e. The topological polar surface area (TPSA) is 48.2 Å². The Kier molecular flexibility index (Phi) is 5.08. The van der Waals surface area contributed by atoms with Crippen LogP contribution in [0.1, 0.15) is 22.3 Å². The van der Waals surface area contributed by atoms with Crippen LogP contribution in [0.4, 0.5) is 0 Å². The monoisotopic (exact) mass is 552 g/mol. The molecule has 0 unspecified atom stereocenters. The molecule has 1 aliphatic heterocycles. The van der Waals surface area contributed by atoms with E-state index < -0.39 is 5.41 Å². The summed E-state index contributed by atoms with van der Waals surface area (Å²) in [5.74, 6) is 2.76. The van der Waals surface area contributed by atoms with E-state index in [0.29, 0.717) is 11.8 Å². The standard InChI is InChI=1S/C39H24N2O2/c1-2-11-25(12-3-1)37-40-41-38(43-37)28-14-10-13-26(23-28)27-21-22-36-34(24-27)39(33-19-8-9-20-35(33)42-36)31-17-6-4-15-29(31)30-16-5-7-18-32(30)39/h1-24H. The van der Waals surface area contributed by atoms with E-state index in [2.05, 4.69) is 107 Å². The molecule has 0 atom stereocenters. The van der Waals surface area contributed by atoms with E-state index in [1.165, 1.54) is 22.3 Å². The molecule has 7 aromatic rings. The molecule has 0 fully saturated rings. The molecule has 1 spiro atoms. The zero-order chi connectivity index (χ0) is 28.4. The maximum atomic E-state index is 6.59. The number of hydrogen-bond donors (Lipinski definition) is 0. The first-order valence-corrected chi connectivity index (χ1v) is 14.4. The Morgan fingerprint density at radius 2 is 0.953 bits per heavy atom. The molecular weight excluding hydrogens is 528 g/mol. The number of benzene rings is 6. The molecular formula is C39H24N2O2. The Morgan fingerprint density at radius 1 is 0.395 bits per heavy atom. The maximum absolute atomic E-state index is 6.59. The van der Waals surface area contributed by atoms with E-state index >= 15 is 0 Å². The first-order valence-electron chi connectivity index (χ1n) is 14.4. The normalized spacial score (nSPS) is 13.5. The summed E-state index contributed by atoms with van der Waals surface area (Å²) in [4.78, 5) is 0. The van der Waals surface area contributed by atoms with Gasteiger partial charge in [-0.3, -0.25) is 0 Å². The van der Waals surface area contributed by atoms with Gasteiger partial charge in [-0.05, 0) is 75.8 Å². The van der Waals surface area contributed by atoms with Crippen molar-refractivity contribution in [3.05, 3.63) is 168 Å². The molecule has 6 aromatic carbocycles. The number of rotatable bonds is 3. The van der Waals surface area contributed by atoms with Crippen molar-refractivity contribution >= 4 is 0 Å². The fourth-order valence-corrected chi connectivity index (χ4v) is 6.91. The fourth-order valence-electron chi connectivity index (χ4n) is 6.91. The number of para-hydroxylation sites is 1. The van der Waals surface area contributed by atoms with Crippen LogP contribution in [0.2, 0.25) is 0 Å². The zero-order valence-electron chi connectivity index (χ0n) is 23.1. The van der Waals surface area contributed by atoms with Gasteiger partial charge in [-0.1, -0.05) is 103 Å². The number of hydrogen-bond acceptors (Lipinski definition) is 4. The minimum atomic E-state index is -0.498. The summed E-state index contributed by atoms with van der Waals surface area (Å²) in [6.07, 6.45) is 0. The Bertz CT molecular complexity index is 2130. The molecule has 9 rings (SSSR count). The van der Waals surface area contributed by atoms with Crippen LogP contribution in [-0.2, 0) is 5.41 Å². The van der Waals surface area contributed by atoms with Crippen molar-refractivity contribution in [2.75, 3.05) is 0 Å². The molecule has 1 aliphatic carbocycles. The average molecular weight is 553 g/mol. The highest BCUT2D eigenvalue weighted by Crippen LogP contribution is 2.62. The number of fused-ring (bicyclic) bond motifs is 9. The van der Waals surface area contributed by atoms with Gasteiger partial charge in [-0.15, -0.1) is 10.2 Å². The van der Waals surface area contributed by atoms with Gasteiger partial charge in [0, 0.05) is 22.3 Å². The third-order valence-corrected chi connectivity index (χ3v) is 8.74. The first-order chi connectivity index (χ1) is 21.3. The van der Waals surface area contributed by atoms with Gasteiger partial charge in [-0.25, -0.2) is 0 Å².